The van der Waals surface area contributed by atoms with E-state index >= 15 is 0 Å². The lowest BCUT2D eigenvalue weighted by molar-refractivity contribution is -0.138. The van der Waals surface area contributed by atoms with E-state index in [0.717, 1.165) is 31.5 Å². The molecule has 24 heavy (non-hydrogen) atoms. The van der Waals surface area contributed by atoms with Crippen molar-refractivity contribution in [2.45, 2.75) is 69.9 Å². The lowest BCUT2D eigenvalue weighted by Gasteiger charge is -2.44. The number of hydrogen-bond acceptors (Lipinski definition) is 3. The van der Waals surface area contributed by atoms with E-state index in [0.29, 0.717) is 30.5 Å². The quantitative estimate of drug-likeness (QED) is 0.828. The van der Waals surface area contributed by atoms with Gasteiger partial charge in [-0.1, -0.05) is 19.3 Å². The summed E-state index contributed by atoms with van der Waals surface area (Å²) >= 11 is 0. The molecule has 2 saturated heterocycles. The van der Waals surface area contributed by atoms with Crippen LogP contribution < -0.4 is 5.73 Å². The number of carbonyl (C=O) groups excluding carboxylic acids is 1. The SMILES string of the molecule is Cl.NC1CCCC2CN(CC(=O)N3CCCC4CCCCC43)CC12. The Morgan fingerprint density at radius 3 is 2.50 bits per heavy atom. The lowest BCUT2D eigenvalue weighted by Crippen LogP contribution is -2.52. The summed E-state index contributed by atoms with van der Waals surface area (Å²) in [5, 5.41) is 0. The Hall–Kier alpha value is -0.320. The topological polar surface area (TPSA) is 49.6 Å². The number of rotatable bonds is 2. The minimum atomic E-state index is 0. The largest absolute Gasteiger partial charge is 0.338 e. The van der Waals surface area contributed by atoms with Gasteiger partial charge in [0.05, 0.1) is 6.54 Å². The van der Waals surface area contributed by atoms with E-state index < -0.39 is 0 Å². The van der Waals surface area contributed by atoms with E-state index in [1.165, 1.54) is 57.8 Å². The van der Waals surface area contributed by atoms with Gasteiger partial charge in [0.1, 0.15) is 0 Å². The molecule has 4 rings (SSSR count). The fourth-order valence-electron chi connectivity index (χ4n) is 5.95. The summed E-state index contributed by atoms with van der Waals surface area (Å²) in [5.74, 6) is 2.57. The average Bonchev–Trinajstić information content (AvgIpc) is 2.98. The molecule has 0 radical (unpaired) electrons. The van der Waals surface area contributed by atoms with Gasteiger partial charge < -0.3 is 10.6 Å². The molecule has 2 aliphatic heterocycles. The normalized spacial score (nSPS) is 39.7. The Morgan fingerprint density at radius 1 is 0.917 bits per heavy atom. The van der Waals surface area contributed by atoms with Gasteiger partial charge in [0.25, 0.3) is 0 Å². The van der Waals surface area contributed by atoms with Gasteiger partial charge in [0.2, 0.25) is 5.91 Å². The van der Waals surface area contributed by atoms with Crippen LogP contribution in [0.4, 0.5) is 0 Å². The molecule has 5 atom stereocenters. The molecule has 0 bridgehead atoms. The first kappa shape index (κ1) is 18.5. The highest BCUT2D eigenvalue weighted by Crippen LogP contribution is 2.37. The summed E-state index contributed by atoms with van der Waals surface area (Å²) in [7, 11) is 0. The zero-order valence-corrected chi connectivity index (χ0v) is 15.7. The molecule has 0 spiro atoms. The highest BCUT2D eigenvalue weighted by molar-refractivity contribution is 5.85. The monoisotopic (exact) mass is 355 g/mol. The number of hydrogen-bond donors (Lipinski definition) is 1. The van der Waals surface area contributed by atoms with Crippen LogP contribution in [0, 0.1) is 17.8 Å². The third kappa shape index (κ3) is 3.61. The van der Waals surface area contributed by atoms with Crippen molar-refractivity contribution in [2.24, 2.45) is 23.5 Å². The smallest absolute Gasteiger partial charge is 0.237 e. The van der Waals surface area contributed by atoms with Crippen molar-refractivity contribution in [3.63, 3.8) is 0 Å². The number of nitrogens with two attached hydrogens (primary N) is 1. The first-order valence-corrected chi connectivity index (χ1v) is 10.00. The van der Waals surface area contributed by atoms with Crippen LogP contribution in [0.2, 0.25) is 0 Å². The highest BCUT2D eigenvalue weighted by Gasteiger charge is 2.41. The van der Waals surface area contributed by atoms with Crippen molar-refractivity contribution in [1.29, 1.82) is 0 Å². The molecule has 0 aromatic heterocycles. The molecule has 5 unspecified atom stereocenters. The Labute approximate surface area is 152 Å². The standard InChI is InChI=1S/C19H33N3O.ClH/c20-17-8-3-6-15-11-21(12-16(15)17)13-19(23)22-10-4-7-14-5-1-2-9-18(14)22;/h14-18H,1-13,20H2;1H. The van der Waals surface area contributed by atoms with Gasteiger partial charge in [-0.15, -0.1) is 12.4 Å². The van der Waals surface area contributed by atoms with Crippen molar-refractivity contribution >= 4 is 18.3 Å². The molecule has 0 aromatic rings. The second kappa shape index (κ2) is 7.92. The van der Waals surface area contributed by atoms with Crippen molar-refractivity contribution in [3.05, 3.63) is 0 Å². The van der Waals surface area contributed by atoms with Crippen molar-refractivity contribution in [2.75, 3.05) is 26.2 Å². The molecule has 2 saturated carbocycles. The molecule has 4 fully saturated rings. The summed E-state index contributed by atoms with van der Waals surface area (Å²) in [4.78, 5) is 17.6. The molecule has 2 heterocycles. The summed E-state index contributed by atoms with van der Waals surface area (Å²) in [6.45, 7) is 3.80. The van der Waals surface area contributed by atoms with Gasteiger partial charge in [-0.25, -0.2) is 0 Å². The maximum Gasteiger partial charge on any atom is 0.237 e. The number of fused-ring (bicyclic) bond motifs is 2. The predicted molar refractivity (Wildman–Crippen MR) is 99.2 cm³/mol. The molecule has 138 valence electrons. The van der Waals surface area contributed by atoms with Crippen molar-refractivity contribution in [3.8, 4) is 0 Å². The van der Waals surface area contributed by atoms with E-state index in [9.17, 15) is 4.79 Å². The molecule has 4 aliphatic rings. The van der Waals surface area contributed by atoms with E-state index in [1.54, 1.807) is 0 Å². The van der Waals surface area contributed by atoms with Crippen LogP contribution in [0.5, 0.6) is 0 Å². The first-order chi connectivity index (χ1) is 11.2. The fraction of sp³-hybridized carbons (Fsp3) is 0.947. The number of amides is 1. The lowest BCUT2D eigenvalue weighted by atomic mass is 9.78. The maximum atomic E-state index is 12.9. The zero-order valence-electron chi connectivity index (χ0n) is 14.9. The summed E-state index contributed by atoms with van der Waals surface area (Å²) in [5.41, 5.74) is 6.32. The van der Waals surface area contributed by atoms with E-state index in [2.05, 4.69) is 9.80 Å². The fourth-order valence-corrected chi connectivity index (χ4v) is 5.95. The van der Waals surface area contributed by atoms with E-state index in [1.807, 2.05) is 0 Å². The van der Waals surface area contributed by atoms with Crippen LogP contribution in [-0.2, 0) is 4.79 Å². The highest BCUT2D eigenvalue weighted by atomic mass is 35.5. The number of halogens is 1. The second-order valence-electron chi connectivity index (χ2n) is 8.55. The summed E-state index contributed by atoms with van der Waals surface area (Å²) < 4.78 is 0. The van der Waals surface area contributed by atoms with Crippen LogP contribution in [0.15, 0.2) is 0 Å². The van der Waals surface area contributed by atoms with Crippen LogP contribution in [0.1, 0.15) is 57.8 Å². The Morgan fingerprint density at radius 2 is 1.67 bits per heavy atom. The van der Waals surface area contributed by atoms with Gasteiger partial charge in [0.15, 0.2) is 0 Å². The van der Waals surface area contributed by atoms with Crippen LogP contribution in [-0.4, -0.2) is 54.0 Å². The Bertz CT molecular complexity index is 444. The molecule has 5 heteroatoms. The molecule has 2 N–H and O–H groups in total. The van der Waals surface area contributed by atoms with Crippen LogP contribution >= 0.6 is 12.4 Å². The van der Waals surface area contributed by atoms with E-state index in [4.69, 9.17) is 5.73 Å². The summed E-state index contributed by atoms with van der Waals surface area (Å²) in [6, 6.07) is 0.920. The van der Waals surface area contributed by atoms with Gasteiger partial charge in [-0.3, -0.25) is 9.69 Å². The summed E-state index contributed by atoms with van der Waals surface area (Å²) in [6.07, 6.45) is 11.6. The van der Waals surface area contributed by atoms with Gasteiger partial charge >= 0.3 is 0 Å². The number of piperidine rings is 1. The van der Waals surface area contributed by atoms with E-state index in [-0.39, 0.29) is 12.4 Å². The minimum absolute atomic E-state index is 0. The minimum Gasteiger partial charge on any atom is -0.338 e. The first-order valence-electron chi connectivity index (χ1n) is 10.00. The third-order valence-corrected chi connectivity index (χ3v) is 7.15. The Balaban J connectivity index is 0.00000169. The van der Waals surface area contributed by atoms with Gasteiger partial charge in [-0.05, 0) is 56.3 Å². The average molecular weight is 356 g/mol. The van der Waals surface area contributed by atoms with Crippen molar-refractivity contribution < 1.29 is 4.79 Å². The molecule has 1 amide bonds. The second-order valence-corrected chi connectivity index (χ2v) is 8.55. The maximum absolute atomic E-state index is 12.9. The molecular formula is C19H34ClN3O. The Kier molecular flexibility index (Phi) is 6.10. The number of carbonyl (C=O) groups is 1. The number of nitrogens with zero attached hydrogens (tertiary/aromatic N) is 2. The molecular weight excluding hydrogens is 322 g/mol. The molecule has 0 aromatic carbocycles. The zero-order chi connectivity index (χ0) is 15.8. The van der Waals surface area contributed by atoms with Gasteiger partial charge in [-0.2, -0.15) is 0 Å². The molecule has 2 aliphatic carbocycles. The van der Waals surface area contributed by atoms with Gasteiger partial charge in [0, 0.05) is 31.7 Å². The predicted octanol–water partition coefficient (Wildman–Crippen LogP) is 2.65. The van der Waals surface area contributed by atoms with Crippen molar-refractivity contribution in [1.82, 2.24) is 9.80 Å². The van der Waals surface area contributed by atoms with Crippen LogP contribution in [0.3, 0.4) is 0 Å². The number of likely N-dealkylation sites (tertiary alicyclic amines) is 2. The third-order valence-electron chi connectivity index (χ3n) is 7.15. The molecule has 4 nitrogen and oxygen atoms in total. The van der Waals surface area contributed by atoms with Crippen LogP contribution in [0.25, 0.3) is 0 Å².